The van der Waals surface area contributed by atoms with Crippen molar-refractivity contribution in [1.29, 1.82) is 0 Å². The number of rotatable bonds is 2. The van der Waals surface area contributed by atoms with E-state index in [0.717, 1.165) is 5.92 Å². The van der Waals surface area contributed by atoms with Crippen molar-refractivity contribution in [2.45, 2.75) is 19.4 Å². The minimum atomic E-state index is 0.0463. The Morgan fingerprint density at radius 3 is 2.50 bits per heavy atom. The molecule has 1 rings (SSSR count). The third-order valence-electron chi connectivity index (χ3n) is 1.93. The average Bonchev–Trinajstić information content (AvgIpc) is 2.45. The van der Waals surface area contributed by atoms with Crippen LogP contribution in [0.3, 0.4) is 0 Å². The lowest BCUT2D eigenvalue weighted by molar-refractivity contribution is 0.251. The van der Waals surface area contributed by atoms with Crippen molar-refractivity contribution in [2.75, 3.05) is 6.61 Å². The molecule has 1 aliphatic rings. The van der Waals surface area contributed by atoms with Crippen LogP contribution < -0.4 is 5.73 Å². The number of hydrogen-bond donors (Lipinski definition) is 2. The van der Waals surface area contributed by atoms with Crippen LogP contribution in [0, 0.1) is 11.8 Å². The van der Waals surface area contributed by atoms with Crippen molar-refractivity contribution < 1.29 is 5.11 Å². The summed E-state index contributed by atoms with van der Waals surface area (Å²) < 4.78 is 0. The van der Waals surface area contributed by atoms with Crippen LogP contribution in [-0.4, -0.2) is 17.8 Å². The van der Waals surface area contributed by atoms with E-state index in [9.17, 15) is 0 Å². The van der Waals surface area contributed by atoms with Gasteiger partial charge < -0.3 is 10.8 Å². The molecule has 3 N–H and O–H groups in total. The van der Waals surface area contributed by atoms with E-state index < -0.39 is 0 Å². The highest BCUT2D eigenvalue weighted by atomic mass is 16.3. The Bertz CT molecular complexity index is 82.6. The molecule has 0 aromatic carbocycles. The Morgan fingerprint density at radius 2 is 2.38 bits per heavy atom. The first-order valence-corrected chi connectivity index (χ1v) is 3.12. The van der Waals surface area contributed by atoms with Crippen LogP contribution in [0.5, 0.6) is 0 Å². The van der Waals surface area contributed by atoms with Crippen LogP contribution in [0.1, 0.15) is 13.3 Å². The SMILES string of the molecule is CC1CC1C(N)CO. The predicted octanol–water partition coefficient (Wildman–Crippen LogP) is -0.0380. The van der Waals surface area contributed by atoms with E-state index in [2.05, 4.69) is 6.92 Å². The second-order valence-electron chi connectivity index (χ2n) is 2.72. The lowest BCUT2D eigenvalue weighted by Crippen LogP contribution is -2.27. The second kappa shape index (κ2) is 2.03. The van der Waals surface area contributed by atoms with Gasteiger partial charge in [-0.3, -0.25) is 0 Å². The summed E-state index contributed by atoms with van der Waals surface area (Å²) in [5.41, 5.74) is 5.52. The molecule has 0 aromatic heterocycles. The summed E-state index contributed by atoms with van der Waals surface area (Å²) in [4.78, 5) is 0. The van der Waals surface area contributed by atoms with Gasteiger partial charge in [-0.1, -0.05) is 6.92 Å². The van der Waals surface area contributed by atoms with Crippen molar-refractivity contribution >= 4 is 0 Å². The molecule has 8 heavy (non-hydrogen) atoms. The van der Waals surface area contributed by atoms with Gasteiger partial charge >= 0.3 is 0 Å². The molecule has 1 fully saturated rings. The van der Waals surface area contributed by atoms with E-state index in [1.165, 1.54) is 6.42 Å². The molecule has 2 heteroatoms. The molecule has 0 saturated heterocycles. The molecule has 3 atom stereocenters. The monoisotopic (exact) mass is 115 g/mol. The summed E-state index contributed by atoms with van der Waals surface area (Å²) in [6.45, 7) is 2.31. The van der Waals surface area contributed by atoms with Gasteiger partial charge in [0.2, 0.25) is 0 Å². The first-order chi connectivity index (χ1) is 3.75. The first kappa shape index (κ1) is 6.05. The number of hydrogen-bond acceptors (Lipinski definition) is 2. The van der Waals surface area contributed by atoms with Gasteiger partial charge in [0.1, 0.15) is 0 Å². The highest BCUT2D eigenvalue weighted by Crippen LogP contribution is 2.39. The third-order valence-corrected chi connectivity index (χ3v) is 1.93. The van der Waals surface area contributed by atoms with E-state index in [1.807, 2.05) is 0 Å². The molecule has 0 radical (unpaired) electrons. The van der Waals surface area contributed by atoms with Crippen molar-refractivity contribution in [1.82, 2.24) is 0 Å². The highest BCUT2D eigenvalue weighted by Gasteiger charge is 2.36. The van der Waals surface area contributed by atoms with Crippen LogP contribution in [0.2, 0.25) is 0 Å². The fourth-order valence-electron chi connectivity index (χ4n) is 1.08. The number of aliphatic hydroxyl groups excluding tert-OH is 1. The van der Waals surface area contributed by atoms with E-state index in [-0.39, 0.29) is 12.6 Å². The Kier molecular flexibility index (Phi) is 1.54. The van der Waals surface area contributed by atoms with Crippen LogP contribution in [0.4, 0.5) is 0 Å². The third kappa shape index (κ3) is 1.01. The predicted molar refractivity (Wildman–Crippen MR) is 32.3 cm³/mol. The fourth-order valence-corrected chi connectivity index (χ4v) is 1.08. The zero-order valence-corrected chi connectivity index (χ0v) is 5.17. The molecule has 48 valence electrons. The zero-order chi connectivity index (χ0) is 6.15. The molecule has 2 nitrogen and oxygen atoms in total. The molecule has 3 unspecified atom stereocenters. The average molecular weight is 115 g/mol. The van der Waals surface area contributed by atoms with Gasteiger partial charge in [-0.25, -0.2) is 0 Å². The van der Waals surface area contributed by atoms with Crippen LogP contribution in [0.25, 0.3) is 0 Å². The molecule has 0 bridgehead atoms. The largest absolute Gasteiger partial charge is 0.395 e. The number of aliphatic hydroxyl groups is 1. The molecule has 0 aliphatic heterocycles. The van der Waals surface area contributed by atoms with Gasteiger partial charge in [-0.15, -0.1) is 0 Å². The molecule has 1 saturated carbocycles. The Labute approximate surface area is 49.7 Å². The first-order valence-electron chi connectivity index (χ1n) is 3.12. The molecule has 0 amide bonds. The van der Waals surface area contributed by atoms with E-state index in [0.29, 0.717) is 5.92 Å². The van der Waals surface area contributed by atoms with Crippen LogP contribution >= 0.6 is 0 Å². The molecule has 1 aliphatic carbocycles. The number of nitrogens with two attached hydrogens (primary N) is 1. The van der Waals surface area contributed by atoms with Gasteiger partial charge in [0.05, 0.1) is 6.61 Å². The van der Waals surface area contributed by atoms with Gasteiger partial charge in [0.25, 0.3) is 0 Å². The van der Waals surface area contributed by atoms with Crippen LogP contribution in [-0.2, 0) is 0 Å². The Hall–Kier alpha value is -0.0800. The standard InChI is InChI=1S/C6H13NO/c1-4-2-5(4)6(7)3-8/h4-6,8H,2-3,7H2,1H3. The van der Waals surface area contributed by atoms with Gasteiger partial charge in [-0.2, -0.15) is 0 Å². The molecule has 0 aromatic rings. The summed E-state index contributed by atoms with van der Waals surface area (Å²) in [6.07, 6.45) is 1.21. The Balaban J connectivity index is 2.18. The van der Waals surface area contributed by atoms with Crippen molar-refractivity contribution in [2.24, 2.45) is 17.6 Å². The van der Waals surface area contributed by atoms with Crippen LogP contribution in [0.15, 0.2) is 0 Å². The van der Waals surface area contributed by atoms with E-state index in [1.54, 1.807) is 0 Å². The van der Waals surface area contributed by atoms with E-state index in [4.69, 9.17) is 10.8 Å². The molecular formula is C6H13NO. The van der Waals surface area contributed by atoms with Crippen molar-refractivity contribution in [3.63, 3.8) is 0 Å². The molecular weight excluding hydrogens is 102 g/mol. The maximum atomic E-state index is 8.54. The summed E-state index contributed by atoms with van der Waals surface area (Å²) in [5, 5.41) is 8.54. The lowest BCUT2D eigenvalue weighted by atomic mass is 10.2. The minimum Gasteiger partial charge on any atom is -0.395 e. The molecule has 0 heterocycles. The van der Waals surface area contributed by atoms with Gasteiger partial charge in [0.15, 0.2) is 0 Å². The highest BCUT2D eigenvalue weighted by molar-refractivity contribution is 4.89. The normalized spacial score (nSPS) is 39.4. The maximum absolute atomic E-state index is 8.54. The quantitative estimate of drug-likeness (QED) is 0.530. The van der Waals surface area contributed by atoms with Crippen molar-refractivity contribution in [3.8, 4) is 0 Å². The maximum Gasteiger partial charge on any atom is 0.0585 e. The van der Waals surface area contributed by atoms with Crippen molar-refractivity contribution in [3.05, 3.63) is 0 Å². The topological polar surface area (TPSA) is 46.2 Å². The summed E-state index contributed by atoms with van der Waals surface area (Å²) >= 11 is 0. The Morgan fingerprint density at radius 1 is 1.88 bits per heavy atom. The smallest absolute Gasteiger partial charge is 0.0585 e. The zero-order valence-electron chi connectivity index (χ0n) is 5.17. The second-order valence-corrected chi connectivity index (χ2v) is 2.72. The summed E-state index contributed by atoms with van der Waals surface area (Å²) in [7, 11) is 0. The summed E-state index contributed by atoms with van der Waals surface area (Å²) in [5.74, 6) is 1.37. The van der Waals surface area contributed by atoms with E-state index >= 15 is 0 Å². The summed E-state index contributed by atoms with van der Waals surface area (Å²) in [6, 6.07) is 0.0463. The van der Waals surface area contributed by atoms with Gasteiger partial charge in [-0.05, 0) is 18.3 Å². The molecule has 0 spiro atoms. The lowest BCUT2D eigenvalue weighted by Gasteiger charge is -2.03. The fraction of sp³-hybridized carbons (Fsp3) is 1.00. The minimum absolute atomic E-state index is 0.0463. The van der Waals surface area contributed by atoms with Gasteiger partial charge in [0, 0.05) is 6.04 Å².